The molecule has 0 amide bonds. The maximum atomic E-state index is 10.7. The summed E-state index contributed by atoms with van der Waals surface area (Å²) in [6.07, 6.45) is 2.21. The Morgan fingerprint density at radius 3 is 2.21 bits per heavy atom. The number of rotatable bonds is 6. The fraction of sp³-hybridized carbons (Fsp3) is 0.750. The molecular formula is C12H22O2. The fourth-order valence-corrected chi connectivity index (χ4v) is 1.22. The summed E-state index contributed by atoms with van der Waals surface area (Å²) >= 11 is 0. The van der Waals surface area contributed by atoms with E-state index in [1.165, 1.54) is 6.92 Å². The topological polar surface area (TPSA) is 26.3 Å². The number of esters is 1. The van der Waals surface area contributed by atoms with E-state index in [9.17, 15) is 4.79 Å². The van der Waals surface area contributed by atoms with Gasteiger partial charge in [-0.15, -0.1) is 0 Å². The third kappa shape index (κ3) is 6.70. The zero-order valence-corrected chi connectivity index (χ0v) is 9.80. The quantitative estimate of drug-likeness (QED) is 0.484. The molecule has 0 heterocycles. The molecule has 0 radical (unpaired) electrons. The van der Waals surface area contributed by atoms with Gasteiger partial charge in [-0.1, -0.05) is 32.4 Å². The lowest BCUT2D eigenvalue weighted by molar-refractivity contribution is -0.142. The standard InChI is InChI=1S/C12H22O2/c1-9(2)6-7-12(10(3)4)8-14-11(5)13/h9,12H,3,6-8H2,1-2,4-5H3/t12-/m0/s1. The average molecular weight is 198 g/mol. The molecule has 0 saturated heterocycles. The van der Waals surface area contributed by atoms with Gasteiger partial charge in [0.25, 0.3) is 0 Å². The molecule has 0 aliphatic carbocycles. The highest BCUT2D eigenvalue weighted by molar-refractivity contribution is 5.65. The van der Waals surface area contributed by atoms with Crippen LogP contribution in [0, 0.1) is 11.8 Å². The van der Waals surface area contributed by atoms with Crippen molar-refractivity contribution in [3.8, 4) is 0 Å². The summed E-state index contributed by atoms with van der Waals surface area (Å²) in [6.45, 7) is 12.2. The van der Waals surface area contributed by atoms with Crippen LogP contribution in [-0.2, 0) is 9.53 Å². The van der Waals surface area contributed by atoms with Crippen LogP contribution >= 0.6 is 0 Å². The van der Waals surface area contributed by atoms with Crippen LogP contribution in [0.15, 0.2) is 12.2 Å². The van der Waals surface area contributed by atoms with Gasteiger partial charge in [0.2, 0.25) is 0 Å². The zero-order chi connectivity index (χ0) is 11.1. The van der Waals surface area contributed by atoms with Gasteiger partial charge in [0.05, 0.1) is 6.61 Å². The van der Waals surface area contributed by atoms with E-state index in [1.54, 1.807) is 0 Å². The highest BCUT2D eigenvalue weighted by Crippen LogP contribution is 2.18. The van der Waals surface area contributed by atoms with Crippen molar-refractivity contribution in [3.63, 3.8) is 0 Å². The predicted molar refractivity (Wildman–Crippen MR) is 59.0 cm³/mol. The normalized spacial score (nSPS) is 12.6. The summed E-state index contributed by atoms with van der Waals surface area (Å²) in [5.74, 6) is 0.802. The van der Waals surface area contributed by atoms with Crippen LogP contribution in [-0.4, -0.2) is 12.6 Å². The first-order valence-electron chi connectivity index (χ1n) is 5.22. The van der Waals surface area contributed by atoms with Crippen molar-refractivity contribution in [3.05, 3.63) is 12.2 Å². The molecule has 2 heteroatoms. The molecule has 0 unspecified atom stereocenters. The SMILES string of the molecule is C=C(C)[C@@H](CCC(C)C)COC(C)=O. The Hall–Kier alpha value is -0.790. The van der Waals surface area contributed by atoms with E-state index in [1.807, 2.05) is 6.92 Å². The van der Waals surface area contributed by atoms with E-state index < -0.39 is 0 Å². The van der Waals surface area contributed by atoms with Crippen molar-refractivity contribution in [1.29, 1.82) is 0 Å². The summed E-state index contributed by atoms with van der Waals surface area (Å²) in [5, 5.41) is 0. The van der Waals surface area contributed by atoms with Gasteiger partial charge in [-0.25, -0.2) is 0 Å². The molecule has 0 aliphatic heterocycles. The minimum atomic E-state index is -0.208. The van der Waals surface area contributed by atoms with Crippen molar-refractivity contribution in [2.24, 2.45) is 11.8 Å². The Kier molecular flexibility index (Phi) is 6.26. The van der Waals surface area contributed by atoms with E-state index in [0.29, 0.717) is 18.4 Å². The van der Waals surface area contributed by atoms with Crippen LogP contribution in [0.5, 0.6) is 0 Å². The molecular weight excluding hydrogens is 176 g/mol. The van der Waals surface area contributed by atoms with Gasteiger partial charge in [-0.2, -0.15) is 0 Å². The van der Waals surface area contributed by atoms with Crippen molar-refractivity contribution >= 4 is 5.97 Å². The summed E-state index contributed by atoms with van der Waals surface area (Å²) < 4.78 is 5.00. The van der Waals surface area contributed by atoms with Gasteiger partial charge in [-0.3, -0.25) is 4.79 Å². The second kappa shape index (κ2) is 6.63. The molecule has 82 valence electrons. The van der Waals surface area contributed by atoms with Gasteiger partial charge < -0.3 is 4.74 Å². The smallest absolute Gasteiger partial charge is 0.302 e. The summed E-state index contributed by atoms with van der Waals surface area (Å²) in [6, 6.07) is 0. The van der Waals surface area contributed by atoms with Crippen LogP contribution in [0.2, 0.25) is 0 Å². The van der Waals surface area contributed by atoms with Gasteiger partial charge in [-0.05, 0) is 19.3 Å². The highest BCUT2D eigenvalue weighted by atomic mass is 16.5. The minimum Gasteiger partial charge on any atom is -0.465 e. The van der Waals surface area contributed by atoms with Crippen molar-refractivity contribution in [1.82, 2.24) is 0 Å². The summed E-state index contributed by atoms with van der Waals surface area (Å²) in [7, 11) is 0. The highest BCUT2D eigenvalue weighted by Gasteiger charge is 2.11. The number of carbonyl (C=O) groups is 1. The number of hydrogen-bond donors (Lipinski definition) is 0. The molecule has 0 aromatic heterocycles. The summed E-state index contributed by atoms with van der Waals surface area (Å²) in [5.41, 5.74) is 1.10. The van der Waals surface area contributed by atoms with E-state index >= 15 is 0 Å². The van der Waals surface area contributed by atoms with E-state index in [2.05, 4.69) is 20.4 Å². The average Bonchev–Trinajstić information content (AvgIpc) is 2.02. The largest absolute Gasteiger partial charge is 0.465 e. The lowest BCUT2D eigenvalue weighted by Gasteiger charge is -2.17. The van der Waals surface area contributed by atoms with Crippen LogP contribution < -0.4 is 0 Å². The Balaban J connectivity index is 3.90. The van der Waals surface area contributed by atoms with E-state index in [-0.39, 0.29) is 5.97 Å². The van der Waals surface area contributed by atoms with Crippen LogP contribution in [0.3, 0.4) is 0 Å². The Bertz CT molecular complexity index is 194. The second-order valence-electron chi connectivity index (χ2n) is 4.32. The molecule has 0 aliphatic rings. The molecule has 0 N–H and O–H groups in total. The molecule has 0 spiro atoms. The van der Waals surface area contributed by atoms with Crippen molar-refractivity contribution < 1.29 is 9.53 Å². The lowest BCUT2D eigenvalue weighted by Crippen LogP contribution is -2.14. The van der Waals surface area contributed by atoms with E-state index in [0.717, 1.165) is 18.4 Å². The number of ether oxygens (including phenoxy) is 1. The molecule has 0 bridgehead atoms. The maximum Gasteiger partial charge on any atom is 0.302 e. The second-order valence-corrected chi connectivity index (χ2v) is 4.32. The molecule has 14 heavy (non-hydrogen) atoms. The first-order valence-corrected chi connectivity index (χ1v) is 5.22. The lowest BCUT2D eigenvalue weighted by atomic mass is 9.93. The minimum absolute atomic E-state index is 0.208. The first-order chi connectivity index (χ1) is 6.43. The maximum absolute atomic E-state index is 10.7. The fourth-order valence-electron chi connectivity index (χ4n) is 1.22. The van der Waals surface area contributed by atoms with Gasteiger partial charge in [0, 0.05) is 12.8 Å². The number of hydrogen-bond acceptors (Lipinski definition) is 2. The monoisotopic (exact) mass is 198 g/mol. The first kappa shape index (κ1) is 13.2. The Morgan fingerprint density at radius 1 is 1.29 bits per heavy atom. The van der Waals surface area contributed by atoms with Gasteiger partial charge in [0.15, 0.2) is 0 Å². The number of carbonyl (C=O) groups excluding carboxylic acids is 1. The molecule has 1 atom stereocenters. The predicted octanol–water partition coefficient (Wildman–Crippen LogP) is 3.18. The molecule has 0 aromatic rings. The molecule has 0 fully saturated rings. The molecule has 0 rings (SSSR count). The van der Waals surface area contributed by atoms with Gasteiger partial charge in [0.1, 0.15) is 0 Å². The molecule has 0 saturated carbocycles. The van der Waals surface area contributed by atoms with Crippen molar-refractivity contribution in [2.45, 2.75) is 40.5 Å². The Labute approximate surface area is 87.3 Å². The van der Waals surface area contributed by atoms with E-state index in [4.69, 9.17) is 4.74 Å². The van der Waals surface area contributed by atoms with Crippen LogP contribution in [0.1, 0.15) is 40.5 Å². The van der Waals surface area contributed by atoms with Crippen LogP contribution in [0.25, 0.3) is 0 Å². The third-order valence-corrected chi connectivity index (χ3v) is 2.28. The molecule has 2 nitrogen and oxygen atoms in total. The Morgan fingerprint density at radius 2 is 1.86 bits per heavy atom. The summed E-state index contributed by atoms with van der Waals surface area (Å²) in [4.78, 5) is 10.7. The molecule has 0 aromatic carbocycles. The van der Waals surface area contributed by atoms with Crippen molar-refractivity contribution in [2.75, 3.05) is 6.61 Å². The van der Waals surface area contributed by atoms with Crippen LogP contribution in [0.4, 0.5) is 0 Å². The third-order valence-electron chi connectivity index (χ3n) is 2.28. The zero-order valence-electron chi connectivity index (χ0n) is 9.80. The van der Waals surface area contributed by atoms with Gasteiger partial charge >= 0.3 is 5.97 Å².